The molecular formula is C19H21IN6O2. The van der Waals surface area contributed by atoms with E-state index in [1.54, 1.807) is 29.4 Å². The molecule has 3 rings (SSSR count). The average Bonchev–Trinajstić information content (AvgIpc) is 3.22. The number of carbonyl (C=O) groups excluding carboxylic acids is 1. The first-order chi connectivity index (χ1) is 13.7. The molecule has 0 spiro atoms. The largest absolute Gasteiger partial charge is 0.483 e. The Morgan fingerprint density at radius 2 is 2.14 bits per heavy atom. The van der Waals surface area contributed by atoms with Gasteiger partial charge in [0.2, 0.25) is 11.9 Å². The molecule has 1 amide bonds. The molecule has 0 saturated carbocycles. The number of aryl methyl sites for hydroxylation is 1. The zero-order chi connectivity index (χ0) is 19.8. The molecule has 0 bridgehead atoms. The first kappa shape index (κ1) is 20.1. The van der Waals surface area contributed by atoms with Crippen LogP contribution in [-0.2, 0) is 11.2 Å². The minimum Gasteiger partial charge on any atom is -0.483 e. The summed E-state index contributed by atoms with van der Waals surface area (Å²) in [6.45, 7) is 2.54. The summed E-state index contributed by atoms with van der Waals surface area (Å²) < 4.78 is 7.90. The molecule has 8 nitrogen and oxygen atoms in total. The second-order valence-electron chi connectivity index (χ2n) is 5.98. The van der Waals surface area contributed by atoms with Crippen LogP contribution in [-0.4, -0.2) is 43.1 Å². The van der Waals surface area contributed by atoms with Gasteiger partial charge in [0, 0.05) is 30.7 Å². The van der Waals surface area contributed by atoms with Crippen molar-refractivity contribution >= 4 is 34.3 Å². The normalized spacial score (nSPS) is 10.5. The van der Waals surface area contributed by atoms with Gasteiger partial charge in [0.25, 0.3) is 0 Å². The van der Waals surface area contributed by atoms with Gasteiger partial charge in [-0.15, -0.1) is 0 Å². The maximum Gasteiger partial charge on any atom is 0.239 e. The number of halogens is 1. The molecule has 0 atom stereocenters. The van der Waals surface area contributed by atoms with Crippen LogP contribution < -0.4 is 15.4 Å². The Kier molecular flexibility index (Phi) is 7.18. The van der Waals surface area contributed by atoms with Crippen molar-refractivity contribution in [2.24, 2.45) is 0 Å². The number of imidazole rings is 1. The molecule has 2 N–H and O–H groups in total. The molecule has 2 aromatic heterocycles. The second-order valence-corrected chi connectivity index (χ2v) is 6.60. The molecule has 9 heteroatoms. The lowest BCUT2D eigenvalue weighted by Crippen LogP contribution is -2.31. The fourth-order valence-corrected chi connectivity index (χ4v) is 2.95. The summed E-state index contributed by atoms with van der Waals surface area (Å²) in [6.07, 6.45) is 5.77. The summed E-state index contributed by atoms with van der Waals surface area (Å²) in [5.74, 6) is 1.85. The van der Waals surface area contributed by atoms with Crippen molar-refractivity contribution in [1.29, 1.82) is 0 Å². The van der Waals surface area contributed by atoms with E-state index in [0.29, 0.717) is 29.3 Å². The fourth-order valence-electron chi connectivity index (χ4n) is 2.62. The molecule has 0 fully saturated rings. The number of amides is 1. The van der Waals surface area contributed by atoms with Crippen molar-refractivity contribution in [1.82, 2.24) is 24.8 Å². The molecule has 28 heavy (non-hydrogen) atoms. The number of hydrogen-bond donors (Lipinski definition) is 2. The van der Waals surface area contributed by atoms with Gasteiger partial charge in [-0.1, -0.05) is 18.2 Å². The molecular weight excluding hydrogens is 471 g/mol. The van der Waals surface area contributed by atoms with Gasteiger partial charge >= 0.3 is 0 Å². The number of nitrogens with one attached hydrogen (secondary N) is 2. The van der Waals surface area contributed by atoms with Crippen LogP contribution in [0.5, 0.6) is 5.75 Å². The minimum atomic E-state index is -0.104. The summed E-state index contributed by atoms with van der Waals surface area (Å²) in [5.41, 5.74) is 1.87. The zero-order valence-corrected chi connectivity index (χ0v) is 17.6. The number of hydrogen-bond acceptors (Lipinski definition) is 6. The quantitative estimate of drug-likeness (QED) is 0.352. The maximum atomic E-state index is 12.2. The number of para-hydroxylation sites is 1. The second kappa shape index (κ2) is 10.0. The van der Waals surface area contributed by atoms with Crippen molar-refractivity contribution in [3.05, 3.63) is 60.3 Å². The number of alkyl halides is 1. The van der Waals surface area contributed by atoms with E-state index in [-0.39, 0.29) is 12.5 Å². The van der Waals surface area contributed by atoms with Gasteiger partial charge in [-0.3, -0.25) is 9.36 Å². The van der Waals surface area contributed by atoms with Crippen LogP contribution in [0, 0.1) is 6.92 Å². The number of ether oxygens (including phenoxy) is 1. The third kappa shape index (κ3) is 5.65. The molecule has 2 heterocycles. The Morgan fingerprint density at radius 3 is 2.93 bits per heavy atom. The first-order valence-electron chi connectivity index (χ1n) is 8.77. The number of anilines is 1. The van der Waals surface area contributed by atoms with Gasteiger partial charge in [-0.2, -0.15) is 4.98 Å². The van der Waals surface area contributed by atoms with Crippen molar-refractivity contribution in [2.75, 3.05) is 23.0 Å². The van der Waals surface area contributed by atoms with Crippen LogP contribution in [0.4, 0.5) is 5.82 Å². The third-order valence-corrected chi connectivity index (χ3v) is 4.22. The summed E-state index contributed by atoms with van der Waals surface area (Å²) in [6, 6.07) is 9.65. The summed E-state index contributed by atoms with van der Waals surface area (Å²) in [4.78, 5) is 24.9. The lowest BCUT2D eigenvalue weighted by atomic mass is 10.1. The standard InChI is InChI=1S/C19H21IN6O2/c1-14-10-17(25-19(24-14)26-9-8-21-13-26)23-11-18(27)22-7-6-15-4-2-3-5-16(15)28-12-20/h2-5,8-10,13H,6-7,11-12H2,1H3,(H,22,27)(H,23,24,25). The predicted octanol–water partition coefficient (Wildman–Crippen LogP) is 2.51. The number of rotatable bonds is 9. The van der Waals surface area contributed by atoms with Crippen LogP contribution in [0.1, 0.15) is 11.3 Å². The van der Waals surface area contributed by atoms with Gasteiger partial charge < -0.3 is 15.4 Å². The Bertz CT molecular complexity index is 917. The van der Waals surface area contributed by atoms with Crippen LogP contribution in [0.25, 0.3) is 5.95 Å². The predicted molar refractivity (Wildman–Crippen MR) is 115 cm³/mol. The van der Waals surface area contributed by atoms with E-state index < -0.39 is 0 Å². The molecule has 0 aliphatic carbocycles. The number of carbonyl (C=O) groups is 1. The highest BCUT2D eigenvalue weighted by Crippen LogP contribution is 2.18. The lowest BCUT2D eigenvalue weighted by Gasteiger charge is -2.11. The van der Waals surface area contributed by atoms with Crippen molar-refractivity contribution in [2.45, 2.75) is 13.3 Å². The van der Waals surface area contributed by atoms with Gasteiger partial charge in [0.15, 0.2) is 0 Å². The van der Waals surface area contributed by atoms with E-state index in [1.165, 1.54) is 0 Å². The van der Waals surface area contributed by atoms with Gasteiger partial charge in [0.1, 0.15) is 22.5 Å². The first-order valence-corrected chi connectivity index (χ1v) is 10.3. The number of benzene rings is 1. The Labute approximate surface area is 176 Å². The Balaban J connectivity index is 1.50. The van der Waals surface area contributed by atoms with Gasteiger partial charge in [0.05, 0.1) is 6.54 Å². The Hall–Kier alpha value is -2.69. The molecule has 0 saturated heterocycles. The van der Waals surface area contributed by atoms with E-state index in [0.717, 1.165) is 17.0 Å². The average molecular weight is 492 g/mol. The molecule has 0 unspecified atom stereocenters. The number of nitrogens with zero attached hydrogens (tertiary/aromatic N) is 4. The van der Waals surface area contributed by atoms with Crippen LogP contribution >= 0.6 is 22.6 Å². The zero-order valence-electron chi connectivity index (χ0n) is 15.4. The molecule has 0 aliphatic rings. The maximum absolute atomic E-state index is 12.2. The number of aromatic nitrogens is 4. The fraction of sp³-hybridized carbons (Fsp3) is 0.263. The van der Waals surface area contributed by atoms with Crippen molar-refractivity contribution < 1.29 is 9.53 Å². The van der Waals surface area contributed by atoms with E-state index >= 15 is 0 Å². The molecule has 0 aliphatic heterocycles. The van der Waals surface area contributed by atoms with Crippen molar-refractivity contribution in [3.63, 3.8) is 0 Å². The summed E-state index contributed by atoms with van der Waals surface area (Å²) in [7, 11) is 0. The van der Waals surface area contributed by atoms with E-state index in [1.807, 2.05) is 31.2 Å². The van der Waals surface area contributed by atoms with Crippen LogP contribution in [0.3, 0.4) is 0 Å². The van der Waals surface area contributed by atoms with Gasteiger partial charge in [-0.25, -0.2) is 9.97 Å². The smallest absolute Gasteiger partial charge is 0.239 e. The highest BCUT2D eigenvalue weighted by Gasteiger charge is 2.07. The highest BCUT2D eigenvalue weighted by molar-refractivity contribution is 14.1. The van der Waals surface area contributed by atoms with Crippen LogP contribution in [0.15, 0.2) is 49.1 Å². The minimum absolute atomic E-state index is 0.104. The monoisotopic (exact) mass is 492 g/mol. The highest BCUT2D eigenvalue weighted by atomic mass is 127. The molecule has 1 aromatic carbocycles. The topological polar surface area (TPSA) is 94.0 Å². The molecule has 3 aromatic rings. The van der Waals surface area contributed by atoms with Crippen molar-refractivity contribution in [3.8, 4) is 11.7 Å². The Morgan fingerprint density at radius 1 is 1.29 bits per heavy atom. The summed E-state index contributed by atoms with van der Waals surface area (Å²) in [5, 5.41) is 5.96. The summed E-state index contributed by atoms with van der Waals surface area (Å²) >= 11 is 2.16. The van der Waals surface area contributed by atoms with E-state index in [9.17, 15) is 4.79 Å². The molecule has 146 valence electrons. The van der Waals surface area contributed by atoms with Gasteiger partial charge in [-0.05, 0) is 47.6 Å². The van der Waals surface area contributed by atoms with E-state index in [2.05, 4.69) is 48.2 Å². The van der Waals surface area contributed by atoms with E-state index in [4.69, 9.17) is 4.74 Å². The molecule has 0 radical (unpaired) electrons. The van der Waals surface area contributed by atoms with Crippen LogP contribution in [0.2, 0.25) is 0 Å². The third-order valence-electron chi connectivity index (χ3n) is 3.91. The lowest BCUT2D eigenvalue weighted by molar-refractivity contribution is -0.119. The SMILES string of the molecule is Cc1cc(NCC(=O)NCCc2ccccc2OCI)nc(-n2ccnc2)n1.